The number of nitrogens with one attached hydrogen (secondary N) is 1. The van der Waals surface area contributed by atoms with Crippen LogP contribution in [-0.2, 0) is 22.6 Å². The first kappa shape index (κ1) is 20.8. The van der Waals surface area contributed by atoms with Gasteiger partial charge in [-0.25, -0.2) is 0 Å². The van der Waals surface area contributed by atoms with Gasteiger partial charge < -0.3 is 15.0 Å². The zero-order chi connectivity index (χ0) is 22.8. The fraction of sp³-hybridized carbons (Fsp3) is 0.222. The molecule has 1 atom stereocenters. The number of nitriles is 1. The maximum absolute atomic E-state index is 12.8. The summed E-state index contributed by atoms with van der Waals surface area (Å²) in [4.78, 5) is 27.2. The molecule has 1 heterocycles. The molecule has 1 N–H and O–H groups in total. The van der Waals surface area contributed by atoms with E-state index in [-0.39, 0.29) is 30.8 Å². The number of carbonyl (C=O) groups is 2. The average molecular weight is 437 g/mol. The molecule has 3 aromatic rings. The third kappa shape index (κ3) is 4.18. The number of benzene rings is 3. The maximum Gasteiger partial charge on any atom is 0.227 e. The first-order chi connectivity index (χ1) is 16.1. The zero-order valence-electron chi connectivity index (χ0n) is 18.1. The highest BCUT2D eigenvalue weighted by molar-refractivity contribution is 6.00. The van der Waals surface area contributed by atoms with Crippen molar-refractivity contribution in [1.29, 1.82) is 5.26 Å². The summed E-state index contributed by atoms with van der Waals surface area (Å²) in [6, 6.07) is 23.7. The number of ether oxygens (including phenoxy) is 1. The van der Waals surface area contributed by atoms with E-state index in [1.165, 1.54) is 22.3 Å². The lowest BCUT2D eigenvalue weighted by molar-refractivity contribution is -0.126. The first-order valence-corrected chi connectivity index (χ1v) is 11.0. The third-order valence-electron chi connectivity index (χ3n) is 6.25. The van der Waals surface area contributed by atoms with Crippen LogP contribution < -0.4 is 15.0 Å². The Bertz CT molecular complexity index is 1280. The fourth-order valence-corrected chi connectivity index (χ4v) is 4.63. The van der Waals surface area contributed by atoms with Crippen molar-refractivity contribution in [2.45, 2.75) is 19.4 Å². The molecule has 1 aliphatic carbocycles. The minimum absolute atomic E-state index is 0.0232. The van der Waals surface area contributed by atoms with Crippen LogP contribution in [0.1, 0.15) is 23.1 Å². The van der Waals surface area contributed by atoms with Crippen LogP contribution in [0.15, 0.2) is 66.7 Å². The second-order valence-corrected chi connectivity index (χ2v) is 8.39. The number of fused-ring (bicyclic) bond motifs is 3. The van der Waals surface area contributed by atoms with Gasteiger partial charge in [0.2, 0.25) is 11.8 Å². The summed E-state index contributed by atoms with van der Waals surface area (Å²) in [5.74, 6) is 0.0329. The Morgan fingerprint density at radius 2 is 1.91 bits per heavy atom. The van der Waals surface area contributed by atoms with Crippen molar-refractivity contribution >= 4 is 17.5 Å². The molecule has 33 heavy (non-hydrogen) atoms. The number of rotatable bonds is 6. The summed E-state index contributed by atoms with van der Waals surface area (Å²) < 4.78 is 5.31. The van der Waals surface area contributed by atoms with Crippen molar-refractivity contribution in [3.8, 4) is 22.9 Å². The van der Waals surface area contributed by atoms with Gasteiger partial charge in [0.1, 0.15) is 11.8 Å². The van der Waals surface area contributed by atoms with Crippen molar-refractivity contribution in [2.24, 2.45) is 5.92 Å². The Hall–Kier alpha value is -4.11. The number of anilines is 1. The molecule has 2 amide bonds. The predicted molar refractivity (Wildman–Crippen MR) is 125 cm³/mol. The molecule has 0 spiro atoms. The second-order valence-electron chi connectivity index (χ2n) is 8.39. The Balaban J connectivity index is 1.23. The van der Waals surface area contributed by atoms with E-state index in [0.717, 1.165) is 17.7 Å². The Morgan fingerprint density at radius 3 is 2.79 bits per heavy atom. The van der Waals surface area contributed by atoms with Gasteiger partial charge in [-0.1, -0.05) is 42.5 Å². The summed E-state index contributed by atoms with van der Waals surface area (Å²) in [7, 11) is 0. The highest BCUT2D eigenvalue weighted by atomic mass is 16.5. The van der Waals surface area contributed by atoms with Gasteiger partial charge >= 0.3 is 0 Å². The van der Waals surface area contributed by atoms with E-state index in [1.54, 1.807) is 17.0 Å². The van der Waals surface area contributed by atoms with Gasteiger partial charge in [0.25, 0.3) is 0 Å². The normalized spacial score (nSPS) is 16.2. The molecule has 0 radical (unpaired) electrons. The summed E-state index contributed by atoms with van der Waals surface area (Å²) >= 11 is 0. The number of hydrogen-bond donors (Lipinski definition) is 1. The van der Waals surface area contributed by atoms with Gasteiger partial charge in [0, 0.05) is 25.2 Å². The van der Waals surface area contributed by atoms with Gasteiger partial charge in [-0.2, -0.15) is 5.26 Å². The number of amides is 2. The van der Waals surface area contributed by atoms with Crippen LogP contribution in [0.5, 0.6) is 5.75 Å². The molecule has 1 saturated heterocycles. The van der Waals surface area contributed by atoms with Gasteiger partial charge in [0.15, 0.2) is 6.61 Å². The van der Waals surface area contributed by atoms with Crippen molar-refractivity contribution in [1.82, 2.24) is 5.32 Å². The highest BCUT2D eigenvalue weighted by Gasteiger charge is 2.35. The summed E-state index contributed by atoms with van der Waals surface area (Å²) in [6.07, 6.45) is 1.07. The lowest BCUT2D eigenvalue weighted by Gasteiger charge is -2.18. The highest BCUT2D eigenvalue weighted by Crippen LogP contribution is 2.39. The quantitative estimate of drug-likeness (QED) is 0.497. The summed E-state index contributed by atoms with van der Waals surface area (Å²) in [5, 5.41) is 11.6. The third-order valence-corrected chi connectivity index (χ3v) is 6.25. The molecule has 0 aromatic heterocycles. The molecular formula is C27H23N3O3. The Labute approximate surface area is 192 Å². The minimum atomic E-state index is -0.388. The number of carbonyl (C=O) groups excluding carboxylic acids is 2. The van der Waals surface area contributed by atoms with E-state index in [2.05, 4.69) is 35.6 Å². The maximum atomic E-state index is 12.8. The molecule has 2 aliphatic rings. The lowest BCUT2D eigenvalue weighted by Crippen LogP contribution is -2.32. The molecule has 164 valence electrons. The molecule has 6 nitrogen and oxygen atoms in total. The summed E-state index contributed by atoms with van der Waals surface area (Å²) in [6.45, 7) is 0.691. The van der Waals surface area contributed by atoms with E-state index < -0.39 is 0 Å². The number of nitrogens with zero attached hydrogens (tertiary/aromatic N) is 2. The molecule has 6 heteroatoms. The van der Waals surface area contributed by atoms with Crippen LogP contribution in [0.2, 0.25) is 0 Å². The molecule has 1 unspecified atom stereocenters. The fourth-order valence-electron chi connectivity index (χ4n) is 4.63. The topological polar surface area (TPSA) is 82.4 Å². The second kappa shape index (κ2) is 8.79. The van der Waals surface area contributed by atoms with E-state index in [0.29, 0.717) is 18.8 Å². The van der Waals surface area contributed by atoms with Gasteiger partial charge in [-0.15, -0.1) is 0 Å². The molecule has 1 fully saturated rings. The average Bonchev–Trinajstić information content (AvgIpc) is 3.41. The summed E-state index contributed by atoms with van der Waals surface area (Å²) in [5.41, 5.74) is 6.72. The molecule has 3 aromatic carbocycles. The molecular weight excluding hydrogens is 414 g/mol. The van der Waals surface area contributed by atoms with Crippen molar-refractivity contribution in [2.75, 3.05) is 18.1 Å². The minimum Gasteiger partial charge on any atom is -0.479 e. The van der Waals surface area contributed by atoms with Gasteiger partial charge in [-0.05, 0) is 58.5 Å². The number of hydrogen-bond acceptors (Lipinski definition) is 4. The standard InChI is InChI=1S/C27H23N3O3/c28-10-11-33-23-6-3-4-18(12-23)16-29-27(32)21-15-26(31)30(17-21)22-8-9-25-20(14-22)13-19-5-1-2-7-24(19)25/h1-9,12,14,21H,11,13,15-17H2,(H,29,32). The van der Waals surface area contributed by atoms with E-state index >= 15 is 0 Å². The van der Waals surface area contributed by atoms with Crippen LogP contribution in [0.4, 0.5) is 5.69 Å². The van der Waals surface area contributed by atoms with Gasteiger partial charge in [0.05, 0.1) is 5.92 Å². The Kier molecular flexibility index (Phi) is 5.54. The van der Waals surface area contributed by atoms with Crippen LogP contribution in [0.3, 0.4) is 0 Å². The smallest absolute Gasteiger partial charge is 0.227 e. The van der Waals surface area contributed by atoms with Crippen LogP contribution in [0.25, 0.3) is 11.1 Å². The Morgan fingerprint density at radius 1 is 1.06 bits per heavy atom. The lowest BCUT2D eigenvalue weighted by atomic mass is 10.1. The van der Waals surface area contributed by atoms with Crippen LogP contribution in [-0.4, -0.2) is 25.0 Å². The van der Waals surface area contributed by atoms with Crippen molar-refractivity contribution in [3.05, 3.63) is 83.4 Å². The molecule has 0 saturated carbocycles. The van der Waals surface area contributed by atoms with Gasteiger partial charge in [-0.3, -0.25) is 9.59 Å². The van der Waals surface area contributed by atoms with E-state index in [9.17, 15) is 9.59 Å². The zero-order valence-corrected chi connectivity index (χ0v) is 18.1. The first-order valence-electron chi connectivity index (χ1n) is 11.0. The largest absolute Gasteiger partial charge is 0.479 e. The predicted octanol–water partition coefficient (Wildman–Crippen LogP) is 3.83. The SMILES string of the molecule is N#CCOc1cccc(CNC(=O)C2CC(=O)N(c3ccc4c(c3)Cc3ccccc3-4)C2)c1. The van der Waals surface area contributed by atoms with Crippen molar-refractivity contribution < 1.29 is 14.3 Å². The van der Waals surface area contributed by atoms with Crippen molar-refractivity contribution in [3.63, 3.8) is 0 Å². The molecule has 5 rings (SSSR count). The monoisotopic (exact) mass is 437 g/mol. The molecule has 0 bridgehead atoms. The van der Waals surface area contributed by atoms with Crippen LogP contribution in [0, 0.1) is 17.2 Å². The molecule has 1 aliphatic heterocycles. The van der Waals surface area contributed by atoms with E-state index in [4.69, 9.17) is 10.00 Å². The van der Waals surface area contributed by atoms with Crippen LogP contribution >= 0.6 is 0 Å². The van der Waals surface area contributed by atoms with E-state index in [1.807, 2.05) is 30.3 Å².